The van der Waals surface area contributed by atoms with Crippen LogP contribution in [0.2, 0.25) is 0 Å². The largest absolute Gasteiger partial charge is 0.496 e. The van der Waals surface area contributed by atoms with Gasteiger partial charge < -0.3 is 9.15 Å². The molecule has 6 nitrogen and oxygen atoms in total. The van der Waals surface area contributed by atoms with E-state index in [2.05, 4.69) is 10.9 Å². The van der Waals surface area contributed by atoms with Crippen molar-refractivity contribution in [3.05, 3.63) is 65.4 Å². The molecule has 1 heterocycles. The molecule has 2 N–H and O–H groups in total. The number of carbonyl (C=O) groups is 2. The molecule has 24 heavy (non-hydrogen) atoms. The second-order valence-corrected chi connectivity index (χ2v) is 5.16. The predicted molar refractivity (Wildman–Crippen MR) is 88.9 cm³/mol. The number of para-hydroxylation sites is 2. The van der Waals surface area contributed by atoms with E-state index in [0.717, 1.165) is 10.9 Å². The average molecular weight is 324 g/mol. The molecule has 2 aromatic carbocycles. The van der Waals surface area contributed by atoms with Crippen LogP contribution in [0, 0.1) is 6.92 Å². The van der Waals surface area contributed by atoms with Gasteiger partial charge >= 0.3 is 5.91 Å². The van der Waals surface area contributed by atoms with Crippen molar-refractivity contribution >= 4 is 22.8 Å². The van der Waals surface area contributed by atoms with Crippen LogP contribution in [0.25, 0.3) is 11.0 Å². The number of aryl methyl sites for hydroxylation is 1. The number of hydrogen-bond donors (Lipinski definition) is 2. The summed E-state index contributed by atoms with van der Waals surface area (Å²) in [4.78, 5) is 24.5. The van der Waals surface area contributed by atoms with E-state index >= 15 is 0 Å². The first-order valence-corrected chi connectivity index (χ1v) is 7.33. The van der Waals surface area contributed by atoms with E-state index < -0.39 is 11.8 Å². The molecule has 0 unspecified atom stereocenters. The second kappa shape index (κ2) is 6.45. The third-order valence-corrected chi connectivity index (χ3v) is 3.69. The molecular weight excluding hydrogens is 308 g/mol. The van der Waals surface area contributed by atoms with E-state index in [9.17, 15) is 9.59 Å². The molecular formula is C18H16N2O4. The number of ether oxygens (including phenoxy) is 1. The number of methoxy groups -OCH3 is 1. The molecule has 1 aromatic heterocycles. The lowest BCUT2D eigenvalue weighted by Crippen LogP contribution is -2.41. The first kappa shape index (κ1) is 15.6. The Morgan fingerprint density at radius 1 is 0.958 bits per heavy atom. The topological polar surface area (TPSA) is 80.6 Å². The number of amides is 2. The van der Waals surface area contributed by atoms with Gasteiger partial charge in [-0.2, -0.15) is 0 Å². The van der Waals surface area contributed by atoms with Crippen LogP contribution in [0.5, 0.6) is 5.75 Å². The lowest BCUT2D eigenvalue weighted by atomic mass is 10.1. The molecule has 0 bridgehead atoms. The lowest BCUT2D eigenvalue weighted by Gasteiger charge is -2.09. The summed E-state index contributed by atoms with van der Waals surface area (Å²) >= 11 is 0. The Hall–Kier alpha value is -3.28. The standard InChI is InChI=1S/C18H16N2O4/c1-11-12-7-3-6-10-15(12)24-16(11)18(22)20-19-17(21)13-8-4-5-9-14(13)23-2/h3-10H,1-2H3,(H,19,21)(H,20,22). The highest BCUT2D eigenvalue weighted by molar-refractivity contribution is 6.02. The Balaban J connectivity index is 1.75. The minimum Gasteiger partial charge on any atom is -0.496 e. The van der Waals surface area contributed by atoms with Crippen molar-refractivity contribution in [2.45, 2.75) is 6.92 Å². The fraction of sp³-hybridized carbons (Fsp3) is 0.111. The molecule has 6 heteroatoms. The first-order valence-electron chi connectivity index (χ1n) is 7.33. The summed E-state index contributed by atoms with van der Waals surface area (Å²) in [7, 11) is 1.47. The van der Waals surface area contributed by atoms with Gasteiger partial charge in [-0.3, -0.25) is 20.4 Å². The fourth-order valence-electron chi connectivity index (χ4n) is 2.46. The highest BCUT2D eigenvalue weighted by Crippen LogP contribution is 2.24. The van der Waals surface area contributed by atoms with Crippen LogP contribution >= 0.6 is 0 Å². The van der Waals surface area contributed by atoms with E-state index in [1.807, 2.05) is 18.2 Å². The third kappa shape index (κ3) is 2.81. The molecule has 0 atom stereocenters. The molecule has 3 aromatic rings. The summed E-state index contributed by atoms with van der Waals surface area (Å²) in [5, 5.41) is 0.860. The summed E-state index contributed by atoms with van der Waals surface area (Å²) in [6.07, 6.45) is 0. The number of hydrazine groups is 1. The van der Waals surface area contributed by atoms with Crippen molar-refractivity contribution in [1.29, 1.82) is 0 Å². The van der Waals surface area contributed by atoms with Crippen molar-refractivity contribution < 1.29 is 18.7 Å². The van der Waals surface area contributed by atoms with Crippen LogP contribution in [-0.2, 0) is 0 Å². The summed E-state index contributed by atoms with van der Waals surface area (Å²) in [6.45, 7) is 1.79. The molecule has 122 valence electrons. The summed E-state index contributed by atoms with van der Waals surface area (Å²) in [5.41, 5.74) is 6.39. The molecule has 2 amide bonds. The van der Waals surface area contributed by atoms with Crippen molar-refractivity contribution in [1.82, 2.24) is 10.9 Å². The van der Waals surface area contributed by atoms with Crippen molar-refractivity contribution in [2.75, 3.05) is 7.11 Å². The van der Waals surface area contributed by atoms with Gasteiger partial charge in [0.05, 0.1) is 12.7 Å². The molecule has 3 rings (SSSR count). The molecule has 0 radical (unpaired) electrons. The Kier molecular flexibility index (Phi) is 4.20. The maximum absolute atomic E-state index is 12.3. The zero-order valence-electron chi connectivity index (χ0n) is 13.3. The fourth-order valence-corrected chi connectivity index (χ4v) is 2.46. The number of rotatable bonds is 3. The van der Waals surface area contributed by atoms with E-state index in [-0.39, 0.29) is 5.76 Å². The monoisotopic (exact) mass is 324 g/mol. The molecule has 0 aliphatic rings. The minimum absolute atomic E-state index is 0.163. The van der Waals surface area contributed by atoms with Crippen LogP contribution in [0.3, 0.4) is 0 Å². The zero-order valence-corrected chi connectivity index (χ0v) is 13.3. The van der Waals surface area contributed by atoms with Gasteiger partial charge in [-0.1, -0.05) is 30.3 Å². The number of hydrogen-bond acceptors (Lipinski definition) is 4. The van der Waals surface area contributed by atoms with E-state index in [1.54, 1.807) is 37.3 Å². The van der Waals surface area contributed by atoms with E-state index in [4.69, 9.17) is 9.15 Å². The van der Waals surface area contributed by atoms with Crippen LogP contribution in [-0.4, -0.2) is 18.9 Å². The molecule has 0 aliphatic heterocycles. The van der Waals surface area contributed by atoms with Gasteiger partial charge in [0.25, 0.3) is 5.91 Å². The summed E-state index contributed by atoms with van der Waals surface area (Å²) in [5.74, 6) is -0.415. The number of fused-ring (bicyclic) bond motifs is 1. The smallest absolute Gasteiger partial charge is 0.305 e. The third-order valence-electron chi connectivity index (χ3n) is 3.69. The average Bonchev–Trinajstić information content (AvgIpc) is 2.96. The Morgan fingerprint density at radius 3 is 2.38 bits per heavy atom. The maximum atomic E-state index is 12.3. The molecule has 0 saturated carbocycles. The van der Waals surface area contributed by atoms with Crippen molar-refractivity contribution in [3.8, 4) is 5.75 Å². The van der Waals surface area contributed by atoms with Crippen molar-refractivity contribution in [2.24, 2.45) is 0 Å². The summed E-state index contributed by atoms with van der Waals surface area (Å²) < 4.78 is 10.7. The normalized spacial score (nSPS) is 10.4. The number of benzene rings is 2. The van der Waals surface area contributed by atoms with Gasteiger partial charge in [0.1, 0.15) is 11.3 Å². The quantitative estimate of drug-likeness (QED) is 0.726. The Morgan fingerprint density at radius 2 is 1.62 bits per heavy atom. The van der Waals surface area contributed by atoms with Gasteiger partial charge in [0, 0.05) is 10.9 Å². The number of nitrogens with one attached hydrogen (secondary N) is 2. The second-order valence-electron chi connectivity index (χ2n) is 5.16. The van der Waals surface area contributed by atoms with Gasteiger partial charge in [0.2, 0.25) is 0 Å². The SMILES string of the molecule is COc1ccccc1C(=O)NNC(=O)c1oc2ccccc2c1C. The van der Waals surface area contributed by atoms with E-state index in [1.165, 1.54) is 7.11 Å². The zero-order chi connectivity index (χ0) is 17.1. The van der Waals surface area contributed by atoms with Gasteiger partial charge in [-0.25, -0.2) is 0 Å². The lowest BCUT2D eigenvalue weighted by molar-refractivity contribution is 0.0830. The first-order chi connectivity index (χ1) is 11.6. The Bertz CT molecular complexity index is 914. The highest BCUT2D eigenvalue weighted by atomic mass is 16.5. The van der Waals surface area contributed by atoms with E-state index in [0.29, 0.717) is 16.9 Å². The van der Waals surface area contributed by atoms with Gasteiger partial charge in [-0.05, 0) is 25.1 Å². The van der Waals surface area contributed by atoms with Crippen LogP contribution < -0.4 is 15.6 Å². The van der Waals surface area contributed by atoms with Crippen LogP contribution in [0.4, 0.5) is 0 Å². The number of carbonyl (C=O) groups excluding carboxylic acids is 2. The van der Waals surface area contributed by atoms with Crippen molar-refractivity contribution in [3.63, 3.8) is 0 Å². The molecule has 0 spiro atoms. The Labute approximate surface area is 138 Å². The minimum atomic E-state index is -0.521. The molecule has 0 fully saturated rings. The van der Waals surface area contributed by atoms with Gasteiger partial charge in [-0.15, -0.1) is 0 Å². The predicted octanol–water partition coefficient (Wildman–Crippen LogP) is 2.82. The van der Waals surface area contributed by atoms with Gasteiger partial charge in [0.15, 0.2) is 5.76 Å². The maximum Gasteiger partial charge on any atom is 0.305 e. The summed E-state index contributed by atoms with van der Waals surface area (Å²) in [6, 6.07) is 14.1. The van der Waals surface area contributed by atoms with Crippen LogP contribution in [0.15, 0.2) is 52.9 Å². The molecule has 0 aliphatic carbocycles. The number of furan rings is 1. The highest BCUT2D eigenvalue weighted by Gasteiger charge is 2.18. The van der Waals surface area contributed by atoms with Crippen LogP contribution in [0.1, 0.15) is 26.5 Å². The molecule has 0 saturated heterocycles.